The van der Waals surface area contributed by atoms with Gasteiger partial charge in [0.15, 0.2) is 0 Å². The van der Waals surface area contributed by atoms with Gasteiger partial charge < -0.3 is 9.84 Å². The van der Waals surface area contributed by atoms with Crippen LogP contribution in [-0.4, -0.2) is 24.4 Å². The topological polar surface area (TPSA) is 32.8 Å². The van der Waals surface area contributed by atoms with Crippen molar-refractivity contribution < 1.29 is 9.84 Å². The number of aliphatic hydroxyl groups excluding tert-OH is 1. The van der Waals surface area contributed by atoms with Gasteiger partial charge in [-0.25, -0.2) is 0 Å². The van der Waals surface area contributed by atoms with Crippen LogP contribution in [0.2, 0.25) is 0 Å². The minimum absolute atomic E-state index is 0.0846. The lowest BCUT2D eigenvalue weighted by Gasteiger charge is -2.16. The van der Waals surface area contributed by atoms with E-state index in [1.165, 1.54) is 16.7 Å². The van der Waals surface area contributed by atoms with E-state index in [0.717, 1.165) is 6.61 Å². The molecule has 1 heterocycles. The zero-order valence-electron chi connectivity index (χ0n) is 10.1. The molecule has 2 atom stereocenters. The zero-order valence-corrected chi connectivity index (χ0v) is 10.1. The number of benzene rings is 2. The smallest absolute Gasteiger partial charge is 0.0900 e. The van der Waals surface area contributed by atoms with Crippen LogP contribution >= 0.6 is 0 Å². The highest BCUT2D eigenvalue weighted by atomic mass is 16.6. The van der Waals surface area contributed by atoms with E-state index in [1.54, 1.807) is 0 Å². The fraction of sp³-hybridized carbons (Fsp3) is 0.250. The molecular weight excluding hydrogens is 224 g/mol. The van der Waals surface area contributed by atoms with Gasteiger partial charge in [-0.3, -0.25) is 0 Å². The molecule has 18 heavy (non-hydrogen) atoms. The van der Waals surface area contributed by atoms with Gasteiger partial charge in [-0.15, -0.1) is 0 Å². The summed E-state index contributed by atoms with van der Waals surface area (Å²) in [6, 6.07) is 18.5. The third-order valence-electron chi connectivity index (χ3n) is 3.45. The molecule has 2 unspecified atom stereocenters. The fourth-order valence-corrected chi connectivity index (χ4v) is 2.40. The summed E-state index contributed by atoms with van der Waals surface area (Å²) in [5.74, 6) is 0.0846. The Kier molecular flexibility index (Phi) is 3.13. The van der Waals surface area contributed by atoms with Crippen LogP contribution in [0.25, 0.3) is 11.1 Å². The van der Waals surface area contributed by atoms with E-state index in [4.69, 9.17) is 4.74 Å². The van der Waals surface area contributed by atoms with Crippen LogP contribution < -0.4 is 0 Å². The molecule has 0 radical (unpaired) electrons. The third kappa shape index (κ3) is 2.17. The summed E-state index contributed by atoms with van der Waals surface area (Å²) >= 11 is 0. The standard InChI is InChI=1S/C16H16O2/c17-10-15(16-11-18-16)14-9-5-4-8-13(14)12-6-2-1-3-7-12/h1-9,15-17H,10-11H2. The number of rotatable bonds is 4. The molecule has 1 fully saturated rings. The van der Waals surface area contributed by atoms with Gasteiger partial charge in [0.05, 0.1) is 19.3 Å². The Morgan fingerprint density at radius 1 is 1.06 bits per heavy atom. The highest BCUT2D eigenvalue weighted by Gasteiger charge is 2.34. The van der Waals surface area contributed by atoms with E-state index in [0.29, 0.717) is 0 Å². The van der Waals surface area contributed by atoms with Crippen molar-refractivity contribution in [2.45, 2.75) is 12.0 Å². The SMILES string of the molecule is OCC(c1ccccc1-c1ccccc1)C1CO1. The van der Waals surface area contributed by atoms with E-state index in [9.17, 15) is 5.11 Å². The largest absolute Gasteiger partial charge is 0.396 e. The molecule has 0 aliphatic carbocycles. The average molecular weight is 240 g/mol. The van der Waals surface area contributed by atoms with Crippen LogP contribution in [0, 0.1) is 0 Å². The highest BCUT2D eigenvalue weighted by molar-refractivity contribution is 5.68. The van der Waals surface area contributed by atoms with E-state index in [-0.39, 0.29) is 18.6 Å². The summed E-state index contributed by atoms with van der Waals surface area (Å²) < 4.78 is 5.35. The first kappa shape index (κ1) is 11.5. The normalized spacial score (nSPS) is 19.5. The molecule has 2 aromatic rings. The van der Waals surface area contributed by atoms with Crippen molar-refractivity contribution >= 4 is 0 Å². The average Bonchev–Trinajstić information content (AvgIpc) is 3.26. The molecule has 1 N–H and O–H groups in total. The zero-order chi connectivity index (χ0) is 12.4. The van der Waals surface area contributed by atoms with Crippen LogP contribution in [0.1, 0.15) is 11.5 Å². The molecule has 92 valence electrons. The maximum Gasteiger partial charge on any atom is 0.0900 e. The second kappa shape index (κ2) is 4.92. The Hall–Kier alpha value is -1.64. The van der Waals surface area contributed by atoms with Gasteiger partial charge in [0.25, 0.3) is 0 Å². The predicted octanol–water partition coefficient (Wildman–Crippen LogP) is 2.83. The number of epoxide rings is 1. The van der Waals surface area contributed by atoms with E-state index < -0.39 is 0 Å². The van der Waals surface area contributed by atoms with Crippen molar-refractivity contribution in [3.8, 4) is 11.1 Å². The molecule has 1 aliphatic rings. The van der Waals surface area contributed by atoms with Gasteiger partial charge in [-0.1, -0.05) is 54.6 Å². The number of hydrogen-bond donors (Lipinski definition) is 1. The van der Waals surface area contributed by atoms with Crippen LogP contribution in [0.15, 0.2) is 54.6 Å². The highest BCUT2D eigenvalue weighted by Crippen LogP contribution is 2.35. The molecule has 2 nitrogen and oxygen atoms in total. The van der Waals surface area contributed by atoms with E-state index in [1.807, 2.05) is 30.3 Å². The predicted molar refractivity (Wildman–Crippen MR) is 71.4 cm³/mol. The van der Waals surface area contributed by atoms with E-state index >= 15 is 0 Å². The Morgan fingerprint density at radius 2 is 1.72 bits per heavy atom. The number of aliphatic hydroxyl groups is 1. The molecule has 0 bridgehead atoms. The monoisotopic (exact) mass is 240 g/mol. The minimum Gasteiger partial charge on any atom is -0.396 e. The van der Waals surface area contributed by atoms with Gasteiger partial charge in [-0.05, 0) is 16.7 Å². The van der Waals surface area contributed by atoms with Crippen molar-refractivity contribution in [3.05, 3.63) is 60.2 Å². The molecule has 1 saturated heterocycles. The summed E-state index contributed by atoms with van der Waals surface area (Å²) in [6.45, 7) is 0.892. The third-order valence-corrected chi connectivity index (χ3v) is 3.45. The van der Waals surface area contributed by atoms with Crippen molar-refractivity contribution in [3.63, 3.8) is 0 Å². The molecule has 2 heteroatoms. The molecular formula is C16H16O2. The van der Waals surface area contributed by atoms with Gasteiger partial charge in [0.2, 0.25) is 0 Å². The molecule has 3 rings (SSSR count). The number of hydrogen-bond acceptors (Lipinski definition) is 2. The molecule has 0 amide bonds. The lowest BCUT2D eigenvalue weighted by Crippen LogP contribution is -2.12. The Labute approximate surface area is 107 Å². The molecule has 0 saturated carbocycles. The fourth-order valence-electron chi connectivity index (χ4n) is 2.40. The van der Waals surface area contributed by atoms with Crippen LogP contribution in [-0.2, 0) is 4.74 Å². The Bertz CT molecular complexity index is 518. The second-order valence-corrected chi connectivity index (χ2v) is 4.61. The van der Waals surface area contributed by atoms with Crippen LogP contribution in [0.5, 0.6) is 0 Å². The first-order chi connectivity index (χ1) is 8.90. The Morgan fingerprint density at radius 3 is 2.39 bits per heavy atom. The lowest BCUT2D eigenvalue weighted by atomic mass is 9.89. The summed E-state index contributed by atoms with van der Waals surface area (Å²) in [4.78, 5) is 0. The lowest BCUT2D eigenvalue weighted by molar-refractivity contribution is 0.236. The summed E-state index contributed by atoms with van der Waals surface area (Å²) in [6.07, 6.45) is 0.180. The van der Waals surface area contributed by atoms with Crippen molar-refractivity contribution in [1.82, 2.24) is 0 Å². The molecule has 2 aromatic carbocycles. The maximum absolute atomic E-state index is 9.58. The van der Waals surface area contributed by atoms with Crippen LogP contribution in [0.3, 0.4) is 0 Å². The first-order valence-electron chi connectivity index (χ1n) is 6.27. The van der Waals surface area contributed by atoms with Gasteiger partial charge in [-0.2, -0.15) is 0 Å². The van der Waals surface area contributed by atoms with Gasteiger partial charge >= 0.3 is 0 Å². The maximum atomic E-state index is 9.58. The van der Waals surface area contributed by atoms with Crippen molar-refractivity contribution in [2.24, 2.45) is 0 Å². The van der Waals surface area contributed by atoms with Crippen molar-refractivity contribution in [1.29, 1.82) is 0 Å². The summed E-state index contributed by atoms with van der Waals surface area (Å²) in [5.41, 5.74) is 3.55. The Balaban J connectivity index is 2.04. The van der Waals surface area contributed by atoms with Crippen LogP contribution in [0.4, 0.5) is 0 Å². The van der Waals surface area contributed by atoms with Gasteiger partial charge in [0.1, 0.15) is 0 Å². The first-order valence-corrected chi connectivity index (χ1v) is 6.27. The van der Waals surface area contributed by atoms with E-state index in [2.05, 4.69) is 24.3 Å². The molecule has 1 aliphatic heterocycles. The second-order valence-electron chi connectivity index (χ2n) is 4.61. The quantitative estimate of drug-likeness (QED) is 0.833. The van der Waals surface area contributed by atoms with Gasteiger partial charge in [0, 0.05) is 5.92 Å². The number of ether oxygens (including phenoxy) is 1. The summed E-state index contributed by atoms with van der Waals surface area (Å²) in [7, 11) is 0. The van der Waals surface area contributed by atoms with Crippen molar-refractivity contribution in [2.75, 3.05) is 13.2 Å². The minimum atomic E-state index is 0.0846. The summed E-state index contributed by atoms with van der Waals surface area (Å²) in [5, 5.41) is 9.58. The molecule has 0 aromatic heterocycles. The molecule has 0 spiro atoms.